The fraction of sp³-hybridized carbons (Fsp3) is 0.647. The van der Waals surface area contributed by atoms with Crippen molar-refractivity contribution >= 4 is 11.8 Å². The van der Waals surface area contributed by atoms with Crippen LogP contribution in [0.2, 0.25) is 0 Å². The molecule has 1 aromatic carbocycles. The van der Waals surface area contributed by atoms with E-state index in [1.54, 1.807) is 0 Å². The number of ether oxygens (including phenoxy) is 1. The predicted molar refractivity (Wildman–Crippen MR) is 86.7 cm³/mol. The Hall–Kier alpha value is -0.670. The van der Waals surface area contributed by atoms with Crippen molar-refractivity contribution in [2.24, 2.45) is 5.41 Å². The molecule has 2 heterocycles. The third kappa shape index (κ3) is 2.58. The van der Waals surface area contributed by atoms with Crippen molar-refractivity contribution in [3.63, 3.8) is 0 Å². The molecule has 0 saturated carbocycles. The molecule has 2 atom stereocenters. The van der Waals surface area contributed by atoms with Crippen LogP contribution in [-0.4, -0.2) is 24.2 Å². The molecule has 1 N–H and O–H groups in total. The minimum Gasteiger partial charge on any atom is -0.486 e. The first-order valence-corrected chi connectivity index (χ1v) is 8.63. The van der Waals surface area contributed by atoms with Crippen molar-refractivity contribution in [3.05, 3.63) is 29.3 Å². The summed E-state index contributed by atoms with van der Waals surface area (Å²) in [5.74, 6) is 3.44. The Morgan fingerprint density at radius 3 is 2.80 bits per heavy atom. The van der Waals surface area contributed by atoms with Crippen molar-refractivity contribution in [3.8, 4) is 5.75 Å². The fourth-order valence-electron chi connectivity index (χ4n) is 3.73. The summed E-state index contributed by atoms with van der Waals surface area (Å²) in [6.07, 6.45) is 2.23. The van der Waals surface area contributed by atoms with Crippen LogP contribution in [0.3, 0.4) is 0 Å². The van der Waals surface area contributed by atoms with Gasteiger partial charge >= 0.3 is 0 Å². The van der Waals surface area contributed by atoms with E-state index < -0.39 is 0 Å². The van der Waals surface area contributed by atoms with Crippen LogP contribution in [0.4, 0.5) is 0 Å². The summed E-state index contributed by atoms with van der Waals surface area (Å²) in [5.41, 5.74) is 3.00. The highest BCUT2D eigenvalue weighted by Crippen LogP contribution is 2.49. The minimum absolute atomic E-state index is 0.00233. The molecule has 1 fully saturated rings. The Bertz CT molecular complexity index is 514. The second-order valence-corrected chi connectivity index (χ2v) is 8.19. The van der Waals surface area contributed by atoms with Crippen molar-refractivity contribution in [1.82, 2.24) is 5.32 Å². The van der Waals surface area contributed by atoms with Gasteiger partial charge in [0.2, 0.25) is 0 Å². The van der Waals surface area contributed by atoms with E-state index in [1.165, 1.54) is 16.9 Å². The number of nitrogens with one attached hydrogen (secondary N) is 1. The van der Waals surface area contributed by atoms with E-state index in [4.69, 9.17) is 4.74 Å². The monoisotopic (exact) mass is 291 g/mol. The lowest BCUT2D eigenvalue weighted by atomic mass is 9.76. The highest BCUT2D eigenvalue weighted by molar-refractivity contribution is 7.99. The van der Waals surface area contributed by atoms with Gasteiger partial charge in [0.1, 0.15) is 11.4 Å². The smallest absolute Gasteiger partial charge is 0.124 e. The van der Waals surface area contributed by atoms with Gasteiger partial charge in [-0.1, -0.05) is 31.5 Å². The van der Waals surface area contributed by atoms with E-state index in [2.05, 4.69) is 51.3 Å². The summed E-state index contributed by atoms with van der Waals surface area (Å²) in [4.78, 5) is 0. The molecule has 1 aromatic rings. The van der Waals surface area contributed by atoms with Crippen molar-refractivity contribution in [1.29, 1.82) is 0 Å². The Morgan fingerprint density at radius 1 is 1.30 bits per heavy atom. The molecular weight excluding hydrogens is 266 g/mol. The quantitative estimate of drug-likeness (QED) is 0.847. The summed E-state index contributed by atoms with van der Waals surface area (Å²) < 4.78 is 6.52. The van der Waals surface area contributed by atoms with E-state index in [9.17, 15) is 0 Å². The first-order valence-electron chi connectivity index (χ1n) is 7.48. The average Bonchev–Trinajstić information content (AvgIpc) is 2.37. The molecule has 1 saturated heterocycles. The van der Waals surface area contributed by atoms with Crippen molar-refractivity contribution in [2.75, 3.05) is 18.6 Å². The molecular formula is C17H25NOS. The summed E-state index contributed by atoms with van der Waals surface area (Å²) in [6.45, 7) is 6.88. The molecule has 2 aliphatic rings. The Kier molecular flexibility index (Phi) is 3.54. The summed E-state index contributed by atoms with van der Waals surface area (Å²) in [6, 6.07) is 6.99. The number of benzene rings is 1. The first-order chi connectivity index (χ1) is 9.43. The lowest BCUT2D eigenvalue weighted by Gasteiger charge is -2.49. The number of thioether (sulfide) groups is 1. The van der Waals surface area contributed by atoms with Crippen LogP contribution in [0.1, 0.15) is 43.9 Å². The lowest BCUT2D eigenvalue weighted by Crippen LogP contribution is -2.51. The zero-order valence-corrected chi connectivity index (χ0v) is 13.8. The van der Waals surface area contributed by atoms with E-state index in [-0.39, 0.29) is 5.60 Å². The summed E-state index contributed by atoms with van der Waals surface area (Å²) in [7, 11) is 2.07. The first kappa shape index (κ1) is 14.3. The van der Waals surface area contributed by atoms with Gasteiger partial charge in [-0.15, -0.1) is 0 Å². The number of hydrogen-bond acceptors (Lipinski definition) is 3. The third-order valence-corrected chi connectivity index (χ3v) is 6.17. The molecule has 0 bridgehead atoms. The van der Waals surface area contributed by atoms with Gasteiger partial charge in [0.15, 0.2) is 0 Å². The number of fused-ring (bicyclic) bond motifs is 1. The second-order valence-electron chi connectivity index (χ2n) is 7.21. The van der Waals surface area contributed by atoms with Crippen LogP contribution in [0.15, 0.2) is 18.2 Å². The van der Waals surface area contributed by atoms with Crippen molar-refractivity contribution in [2.45, 2.75) is 45.3 Å². The van der Waals surface area contributed by atoms with Gasteiger partial charge in [-0.3, -0.25) is 0 Å². The molecule has 0 aromatic heterocycles. The molecule has 0 amide bonds. The van der Waals surface area contributed by atoms with Gasteiger partial charge in [-0.2, -0.15) is 11.8 Å². The second kappa shape index (κ2) is 4.96. The molecule has 0 aliphatic carbocycles. The topological polar surface area (TPSA) is 21.3 Å². The molecule has 110 valence electrons. The molecule has 2 aliphatic heterocycles. The largest absolute Gasteiger partial charge is 0.486 e. The van der Waals surface area contributed by atoms with Gasteiger partial charge in [0, 0.05) is 23.8 Å². The van der Waals surface area contributed by atoms with Crippen LogP contribution in [0.25, 0.3) is 0 Å². The van der Waals surface area contributed by atoms with Gasteiger partial charge in [-0.25, -0.2) is 0 Å². The molecule has 2 nitrogen and oxygen atoms in total. The summed E-state index contributed by atoms with van der Waals surface area (Å²) >= 11 is 2.04. The SMILES string of the molecule is CNC1CC2(CSCC(C)(C)C2)Oc2ccc(C)cc21. The zero-order chi connectivity index (χ0) is 14.4. The Morgan fingerprint density at radius 2 is 2.10 bits per heavy atom. The molecule has 3 rings (SSSR count). The normalized spacial score (nSPS) is 31.7. The highest BCUT2D eigenvalue weighted by Gasteiger charge is 2.46. The average molecular weight is 291 g/mol. The van der Waals surface area contributed by atoms with Gasteiger partial charge in [0.05, 0.1) is 0 Å². The predicted octanol–water partition coefficient (Wildman–Crippen LogP) is 3.94. The van der Waals surface area contributed by atoms with Gasteiger partial charge in [-0.05, 0) is 37.6 Å². The number of aryl methyl sites for hydroxylation is 1. The summed E-state index contributed by atoms with van der Waals surface area (Å²) in [5, 5.41) is 3.50. The van der Waals surface area contributed by atoms with Gasteiger partial charge < -0.3 is 10.1 Å². The van der Waals surface area contributed by atoms with Crippen LogP contribution >= 0.6 is 11.8 Å². The molecule has 2 unspecified atom stereocenters. The fourth-order valence-corrected chi connectivity index (χ4v) is 5.14. The van der Waals surface area contributed by atoms with E-state index in [1.807, 2.05) is 11.8 Å². The maximum atomic E-state index is 6.52. The number of hydrogen-bond donors (Lipinski definition) is 1. The Balaban J connectivity index is 1.96. The highest BCUT2D eigenvalue weighted by atomic mass is 32.2. The third-order valence-electron chi connectivity index (χ3n) is 4.45. The van der Waals surface area contributed by atoms with E-state index in [0.717, 1.165) is 24.3 Å². The van der Waals surface area contributed by atoms with Crippen molar-refractivity contribution < 1.29 is 4.74 Å². The maximum absolute atomic E-state index is 6.52. The van der Waals surface area contributed by atoms with E-state index in [0.29, 0.717) is 11.5 Å². The molecule has 3 heteroatoms. The number of rotatable bonds is 1. The minimum atomic E-state index is 0.00233. The van der Waals surface area contributed by atoms with Crippen LogP contribution < -0.4 is 10.1 Å². The molecule has 20 heavy (non-hydrogen) atoms. The van der Waals surface area contributed by atoms with E-state index >= 15 is 0 Å². The lowest BCUT2D eigenvalue weighted by molar-refractivity contribution is 0.0128. The standard InChI is InChI=1S/C17H25NOS/c1-12-5-6-15-13(7-12)14(18-4)8-17(19-15)9-16(2,3)10-20-11-17/h5-7,14,18H,8-11H2,1-4H3. The van der Waals surface area contributed by atoms with Crippen LogP contribution in [0, 0.1) is 12.3 Å². The maximum Gasteiger partial charge on any atom is 0.124 e. The molecule has 1 spiro atoms. The zero-order valence-electron chi connectivity index (χ0n) is 13.0. The molecule has 0 radical (unpaired) electrons. The Labute approximate surface area is 126 Å². The van der Waals surface area contributed by atoms with Gasteiger partial charge in [0.25, 0.3) is 0 Å². The van der Waals surface area contributed by atoms with Crippen LogP contribution in [-0.2, 0) is 0 Å². The van der Waals surface area contributed by atoms with Crippen LogP contribution in [0.5, 0.6) is 5.75 Å².